The van der Waals surface area contributed by atoms with E-state index in [-0.39, 0.29) is 23.9 Å². The predicted octanol–water partition coefficient (Wildman–Crippen LogP) is 3.46. The van der Waals surface area contributed by atoms with Crippen molar-refractivity contribution in [1.29, 1.82) is 5.26 Å². The second kappa shape index (κ2) is 11.2. The standard InChI is InChI=1S/C22H28N4O.ClH/c1-5-10-26(11-6-2)22(27)20(16-23)17-24-12-14-25(15-13-24)21-9-7-8-18(3)19(21)4;/h5-9,17H,1-2,10-15H2,3-4H3;1H/b20-17-;. The lowest BCUT2D eigenvalue weighted by Gasteiger charge is -2.36. The molecule has 2 rings (SSSR count). The average Bonchev–Trinajstić information content (AvgIpc) is 2.68. The molecule has 0 radical (unpaired) electrons. The van der Waals surface area contributed by atoms with Gasteiger partial charge in [-0.1, -0.05) is 24.3 Å². The van der Waals surface area contributed by atoms with E-state index in [0.717, 1.165) is 26.2 Å². The van der Waals surface area contributed by atoms with Gasteiger partial charge in [0, 0.05) is 51.2 Å². The van der Waals surface area contributed by atoms with Crippen LogP contribution < -0.4 is 4.90 Å². The molecule has 1 aliphatic rings. The first-order valence-corrected chi connectivity index (χ1v) is 9.20. The second-order valence-electron chi connectivity index (χ2n) is 6.68. The highest BCUT2D eigenvalue weighted by atomic mass is 35.5. The van der Waals surface area contributed by atoms with E-state index < -0.39 is 0 Å². The summed E-state index contributed by atoms with van der Waals surface area (Å²) < 4.78 is 0. The summed E-state index contributed by atoms with van der Waals surface area (Å²) in [5.41, 5.74) is 4.01. The lowest BCUT2D eigenvalue weighted by molar-refractivity contribution is -0.125. The van der Waals surface area contributed by atoms with Crippen molar-refractivity contribution in [2.24, 2.45) is 0 Å². The number of anilines is 1. The largest absolute Gasteiger partial charge is 0.373 e. The van der Waals surface area contributed by atoms with Crippen LogP contribution in [-0.4, -0.2) is 55.0 Å². The van der Waals surface area contributed by atoms with E-state index in [4.69, 9.17) is 0 Å². The number of amides is 1. The maximum absolute atomic E-state index is 12.6. The van der Waals surface area contributed by atoms with Gasteiger partial charge in [0.25, 0.3) is 5.91 Å². The molecule has 28 heavy (non-hydrogen) atoms. The van der Waals surface area contributed by atoms with Crippen molar-refractivity contribution >= 4 is 24.0 Å². The number of hydrogen-bond acceptors (Lipinski definition) is 4. The topological polar surface area (TPSA) is 50.6 Å². The Kier molecular flexibility index (Phi) is 9.34. The minimum Gasteiger partial charge on any atom is -0.373 e. The molecule has 0 atom stereocenters. The number of hydrogen-bond donors (Lipinski definition) is 0. The SMILES string of the molecule is C=CCN(CC=C)C(=O)/C(C#N)=C\N1CCN(c2cccc(C)c2C)CC1.Cl. The predicted molar refractivity (Wildman–Crippen MR) is 118 cm³/mol. The Hall–Kier alpha value is -2.71. The summed E-state index contributed by atoms with van der Waals surface area (Å²) in [6, 6.07) is 8.42. The van der Waals surface area contributed by atoms with Crippen LogP contribution in [0.5, 0.6) is 0 Å². The summed E-state index contributed by atoms with van der Waals surface area (Å²) in [5, 5.41) is 9.45. The monoisotopic (exact) mass is 400 g/mol. The fourth-order valence-electron chi connectivity index (χ4n) is 3.21. The van der Waals surface area contributed by atoms with Crippen LogP contribution in [0.1, 0.15) is 11.1 Å². The second-order valence-corrected chi connectivity index (χ2v) is 6.68. The Balaban J connectivity index is 0.00000392. The van der Waals surface area contributed by atoms with E-state index in [0.29, 0.717) is 13.1 Å². The minimum absolute atomic E-state index is 0. The summed E-state index contributed by atoms with van der Waals surface area (Å²) in [6.45, 7) is 15.7. The third kappa shape index (κ3) is 5.64. The van der Waals surface area contributed by atoms with Crippen molar-refractivity contribution in [2.45, 2.75) is 13.8 Å². The van der Waals surface area contributed by atoms with E-state index in [1.165, 1.54) is 16.8 Å². The van der Waals surface area contributed by atoms with Crippen LogP contribution in [0.25, 0.3) is 0 Å². The van der Waals surface area contributed by atoms with Crippen molar-refractivity contribution in [3.05, 3.63) is 66.4 Å². The number of carbonyl (C=O) groups excluding carboxylic acids is 1. The van der Waals surface area contributed by atoms with Gasteiger partial charge in [0.05, 0.1) is 0 Å². The Morgan fingerprint density at radius 3 is 2.32 bits per heavy atom. The van der Waals surface area contributed by atoms with E-state index in [1.807, 2.05) is 0 Å². The molecule has 0 aromatic heterocycles. The quantitative estimate of drug-likeness (QED) is 0.399. The van der Waals surface area contributed by atoms with Gasteiger partial charge >= 0.3 is 0 Å². The molecule has 0 spiro atoms. The van der Waals surface area contributed by atoms with Gasteiger partial charge in [0.15, 0.2) is 0 Å². The third-order valence-corrected chi connectivity index (χ3v) is 4.88. The van der Waals surface area contributed by atoms with Crippen molar-refractivity contribution in [1.82, 2.24) is 9.80 Å². The molecule has 6 heteroatoms. The van der Waals surface area contributed by atoms with E-state index in [1.54, 1.807) is 23.3 Å². The molecule has 1 saturated heterocycles. The first-order chi connectivity index (χ1) is 13.0. The zero-order valence-corrected chi connectivity index (χ0v) is 17.5. The first-order valence-electron chi connectivity index (χ1n) is 9.20. The smallest absolute Gasteiger partial charge is 0.266 e. The fraction of sp³-hybridized carbons (Fsp3) is 0.364. The van der Waals surface area contributed by atoms with Crippen LogP contribution in [-0.2, 0) is 4.79 Å². The van der Waals surface area contributed by atoms with Crippen LogP contribution in [0.15, 0.2) is 55.3 Å². The van der Waals surface area contributed by atoms with E-state index in [9.17, 15) is 10.1 Å². The molecule has 0 saturated carbocycles. The molecule has 1 amide bonds. The molecule has 5 nitrogen and oxygen atoms in total. The van der Waals surface area contributed by atoms with E-state index >= 15 is 0 Å². The summed E-state index contributed by atoms with van der Waals surface area (Å²) in [5.74, 6) is -0.283. The Labute approximate surface area is 174 Å². The van der Waals surface area contributed by atoms with E-state index in [2.05, 4.69) is 61.1 Å². The van der Waals surface area contributed by atoms with Crippen molar-refractivity contribution in [3.8, 4) is 6.07 Å². The first kappa shape index (κ1) is 23.3. The lowest BCUT2D eigenvalue weighted by atomic mass is 10.1. The number of nitriles is 1. The van der Waals surface area contributed by atoms with Gasteiger partial charge in [-0.2, -0.15) is 5.26 Å². The zero-order valence-electron chi connectivity index (χ0n) is 16.7. The molecule has 0 bridgehead atoms. The van der Waals surface area contributed by atoms with Crippen molar-refractivity contribution in [3.63, 3.8) is 0 Å². The zero-order chi connectivity index (χ0) is 19.8. The third-order valence-electron chi connectivity index (χ3n) is 4.88. The van der Waals surface area contributed by atoms with Gasteiger partial charge in [0.2, 0.25) is 0 Å². The number of nitrogens with zero attached hydrogens (tertiary/aromatic N) is 4. The number of piperazine rings is 1. The number of rotatable bonds is 7. The molecular formula is C22H29ClN4O. The number of aryl methyl sites for hydroxylation is 1. The molecular weight excluding hydrogens is 372 g/mol. The highest BCUT2D eigenvalue weighted by Gasteiger charge is 2.21. The lowest BCUT2D eigenvalue weighted by Crippen LogP contribution is -2.45. The molecule has 150 valence electrons. The molecule has 0 aliphatic carbocycles. The van der Waals surface area contributed by atoms with Gasteiger partial charge < -0.3 is 14.7 Å². The Morgan fingerprint density at radius 1 is 1.18 bits per heavy atom. The fourth-order valence-corrected chi connectivity index (χ4v) is 3.21. The van der Waals surface area contributed by atoms with Gasteiger partial charge in [0.1, 0.15) is 11.6 Å². The van der Waals surface area contributed by atoms with Crippen LogP contribution in [0.3, 0.4) is 0 Å². The summed E-state index contributed by atoms with van der Waals surface area (Å²) >= 11 is 0. The molecule has 1 fully saturated rings. The molecule has 1 aromatic carbocycles. The summed E-state index contributed by atoms with van der Waals surface area (Å²) in [7, 11) is 0. The number of benzene rings is 1. The molecule has 0 unspecified atom stereocenters. The molecule has 1 aliphatic heterocycles. The van der Waals surface area contributed by atoms with Crippen LogP contribution in [0, 0.1) is 25.2 Å². The van der Waals surface area contributed by atoms with Crippen LogP contribution in [0.2, 0.25) is 0 Å². The minimum atomic E-state index is -0.283. The van der Waals surface area contributed by atoms with Crippen LogP contribution >= 0.6 is 12.4 Å². The Morgan fingerprint density at radius 2 is 1.79 bits per heavy atom. The number of halogens is 1. The highest BCUT2D eigenvalue weighted by molar-refractivity contribution is 5.97. The normalized spacial score (nSPS) is 14.0. The Bertz CT molecular complexity index is 763. The maximum atomic E-state index is 12.6. The van der Waals surface area contributed by atoms with Crippen molar-refractivity contribution < 1.29 is 4.79 Å². The average molecular weight is 401 g/mol. The maximum Gasteiger partial charge on any atom is 0.266 e. The van der Waals surface area contributed by atoms with Gasteiger partial charge in [-0.25, -0.2) is 0 Å². The summed E-state index contributed by atoms with van der Waals surface area (Å²) in [6.07, 6.45) is 5.00. The summed E-state index contributed by atoms with van der Waals surface area (Å²) in [4.78, 5) is 18.6. The van der Waals surface area contributed by atoms with Gasteiger partial charge in [-0.05, 0) is 31.0 Å². The van der Waals surface area contributed by atoms with Gasteiger partial charge in [-0.15, -0.1) is 25.6 Å². The van der Waals surface area contributed by atoms with Crippen molar-refractivity contribution in [2.75, 3.05) is 44.2 Å². The molecule has 0 N–H and O–H groups in total. The van der Waals surface area contributed by atoms with Crippen LogP contribution in [0.4, 0.5) is 5.69 Å². The van der Waals surface area contributed by atoms with Gasteiger partial charge in [-0.3, -0.25) is 4.79 Å². The molecule has 1 heterocycles. The highest BCUT2D eigenvalue weighted by Crippen LogP contribution is 2.24. The molecule has 1 aromatic rings. The number of carbonyl (C=O) groups is 1.